The molecule has 0 fully saturated rings. The minimum atomic E-state index is -0.112. The van der Waals surface area contributed by atoms with Crippen molar-refractivity contribution in [2.75, 3.05) is 7.05 Å². The van der Waals surface area contributed by atoms with Crippen LogP contribution in [0.25, 0.3) is 16.3 Å². The molecule has 0 spiro atoms. The van der Waals surface area contributed by atoms with Crippen molar-refractivity contribution in [2.45, 2.75) is 13.0 Å². The molecule has 0 aliphatic heterocycles. The summed E-state index contributed by atoms with van der Waals surface area (Å²) in [5.74, 6) is -0.112. The van der Waals surface area contributed by atoms with E-state index in [0.29, 0.717) is 5.69 Å². The van der Waals surface area contributed by atoms with E-state index < -0.39 is 0 Å². The van der Waals surface area contributed by atoms with Crippen molar-refractivity contribution >= 4 is 17.2 Å². The number of hydrogen-bond donors (Lipinski definition) is 0. The van der Waals surface area contributed by atoms with Crippen LogP contribution in [0.4, 0.5) is 0 Å². The van der Waals surface area contributed by atoms with Gasteiger partial charge in [0.15, 0.2) is 0 Å². The van der Waals surface area contributed by atoms with E-state index in [4.69, 9.17) is 0 Å². The summed E-state index contributed by atoms with van der Waals surface area (Å²) in [6, 6.07) is 7.81. The van der Waals surface area contributed by atoms with Crippen LogP contribution < -0.4 is 0 Å². The third-order valence-corrected chi connectivity index (χ3v) is 5.53. The Morgan fingerprint density at radius 3 is 2.64 bits per heavy atom. The number of thiazole rings is 1. The fourth-order valence-corrected chi connectivity index (χ4v) is 3.63. The first-order chi connectivity index (χ1) is 13.5. The SMILES string of the molecule is CC(c1ccc(-n2cncn2)cc1)N(C)C(=O)c1csc(-c2cnn(C)c2)n1. The summed E-state index contributed by atoms with van der Waals surface area (Å²) in [6.45, 7) is 2.00. The lowest BCUT2D eigenvalue weighted by atomic mass is 10.1. The Hall–Kier alpha value is -3.33. The van der Waals surface area contributed by atoms with Gasteiger partial charge in [0.25, 0.3) is 5.91 Å². The highest BCUT2D eigenvalue weighted by Gasteiger charge is 2.22. The number of rotatable bonds is 5. The topological polar surface area (TPSA) is 81.7 Å². The average Bonchev–Trinajstić information content (AvgIpc) is 3.47. The van der Waals surface area contributed by atoms with Crippen LogP contribution in [0.15, 0.2) is 54.7 Å². The van der Waals surface area contributed by atoms with E-state index in [-0.39, 0.29) is 11.9 Å². The molecule has 0 N–H and O–H groups in total. The van der Waals surface area contributed by atoms with Crippen LogP contribution >= 0.6 is 11.3 Å². The van der Waals surface area contributed by atoms with Gasteiger partial charge in [-0.2, -0.15) is 10.2 Å². The summed E-state index contributed by atoms with van der Waals surface area (Å²) in [6.07, 6.45) is 6.78. The van der Waals surface area contributed by atoms with Crippen molar-refractivity contribution in [3.63, 3.8) is 0 Å². The lowest BCUT2D eigenvalue weighted by Gasteiger charge is -2.24. The number of hydrogen-bond acceptors (Lipinski definition) is 6. The summed E-state index contributed by atoms with van der Waals surface area (Å²) in [7, 11) is 3.65. The van der Waals surface area contributed by atoms with E-state index in [0.717, 1.165) is 21.8 Å². The van der Waals surface area contributed by atoms with Crippen molar-refractivity contribution in [1.82, 2.24) is 34.4 Å². The third-order valence-electron chi connectivity index (χ3n) is 4.64. The van der Waals surface area contributed by atoms with Crippen LogP contribution in [-0.4, -0.2) is 47.4 Å². The Morgan fingerprint density at radius 1 is 1.21 bits per heavy atom. The van der Waals surface area contributed by atoms with Crippen LogP contribution in [0.2, 0.25) is 0 Å². The number of carbonyl (C=O) groups excluding carboxylic acids is 1. The number of amides is 1. The molecule has 8 nitrogen and oxygen atoms in total. The summed E-state index contributed by atoms with van der Waals surface area (Å²) in [4.78, 5) is 23.0. The van der Waals surface area contributed by atoms with E-state index in [1.54, 1.807) is 39.2 Å². The van der Waals surface area contributed by atoms with Gasteiger partial charge in [-0.15, -0.1) is 11.3 Å². The van der Waals surface area contributed by atoms with Gasteiger partial charge in [-0.05, 0) is 24.6 Å². The molecule has 0 bridgehead atoms. The molecule has 4 aromatic rings. The Balaban J connectivity index is 1.49. The minimum absolute atomic E-state index is 0.0964. The Morgan fingerprint density at radius 2 is 2.00 bits per heavy atom. The number of carbonyl (C=O) groups is 1. The molecule has 3 aromatic heterocycles. The van der Waals surface area contributed by atoms with E-state index in [2.05, 4.69) is 20.2 Å². The van der Waals surface area contributed by atoms with Crippen molar-refractivity contribution in [3.05, 3.63) is 66.0 Å². The van der Waals surface area contributed by atoms with Crippen molar-refractivity contribution < 1.29 is 4.79 Å². The predicted octanol–water partition coefficient (Wildman–Crippen LogP) is 2.96. The number of aromatic nitrogens is 6. The third kappa shape index (κ3) is 3.44. The standard InChI is InChI=1S/C19H19N7OS/c1-13(14-4-6-16(7-5-14)26-12-20-11-22-26)25(3)19(27)17-10-28-18(23-17)15-8-21-24(2)9-15/h4-13H,1-3H3. The van der Waals surface area contributed by atoms with Gasteiger partial charge in [-0.1, -0.05) is 12.1 Å². The molecular formula is C19H19N7OS. The Kier molecular flexibility index (Phi) is 4.74. The van der Waals surface area contributed by atoms with Crippen LogP contribution in [0, 0.1) is 0 Å². The molecular weight excluding hydrogens is 374 g/mol. The fraction of sp³-hybridized carbons (Fsp3) is 0.211. The smallest absolute Gasteiger partial charge is 0.273 e. The van der Waals surface area contributed by atoms with Gasteiger partial charge in [-0.25, -0.2) is 14.6 Å². The monoisotopic (exact) mass is 393 g/mol. The normalized spacial score (nSPS) is 12.1. The maximum absolute atomic E-state index is 12.9. The van der Waals surface area contributed by atoms with Crippen molar-refractivity contribution in [2.24, 2.45) is 7.05 Å². The minimum Gasteiger partial charge on any atom is -0.334 e. The molecule has 0 radical (unpaired) electrons. The van der Waals surface area contributed by atoms with Gasteiger partial charge < -0.3 is 4.90 Å². The van der Waals surface area contributed by atoms with Crippen LogP contribution in [0.5, 0.6) is 0 Å². The van der Waals surface area contributed by atoms with Gasteiger partial charge in [-0.3, -0.25) is 9.48 Å². The first-order valence-electron chi connectivity index (χ1n) is 8.69. The zero-order valence-electron chi connectivity index (χ0n) is 15.7. The quantitative estimate of drug-likeness (QED) is 0.521. The molecule has 142 valence electrons. The van der Waals surface area contributed by atoms with Gasteiger partial charge in [0, 0.05) is 31.2 Å². The molecule has 9 heteroatoms. The highest BCUT2D eigenvalue weighted by molar-refractivity contribution is 7.13. The molecule has 1 unspecified atom stereocenters. The first kappa shape index (κ1) is 18.1. The van der Waals surface area contributed by atoms with Gasteiger partial charge in [0.2, 0.25) is 0 Å². The lowest BCUT2D eigenvalue weighted by Crippen LogP contribution is -2.29. The van der Waals surface area contributed by atoms with E-state index >= 15 is 0 Å². The van der Waals surface area contributed by atoms with Gasteiger partial charge in [0.05, 0.1) is 17.9 Å². The zero-order chi connectivity index (χ0) is 19.7. The second-order valence-electron chi connectivity index (χ2n) is 6.46. The maximum Gasteiger partial charge on any atom is 0.273 e. The summed E-state index contributed by atoms with van der Waals surface area (Å²) in [5, 5.41) is 10.9. The molecule has 1 aromatic carbocycles. The highest BCUT2D eigenvalue weighted by atomic mass is 32.1. The molecule has 0 saturated heterocycles. The van der Waals surface area contributed by atoms with Gasteiger partial charge >= 0.3 is 0 Å². The number of aryl methyl sites for hydroxylation is 1. The molecule has 4 rings (SSSR count). The molecule has 0 saturated carbocycles. The summed E-state index contributed by atoms with van der Waals surface area (Å²) < 4.78 is 3.41. The van der Waals surface area contributed by atoms with Crippen molar-refractivity contribution in [3.8, 4) is 16.3 Å². The van der Waals surface area contributed by atoms with Crippen LogP contribution in [-0.2, 0) is 7.05 Å². The maximum atomic E-state index is 12.9. The zero-order valence-corrected chi connectivity index (χ0v) is 16.5. The summed E-state index contributed by atoms with van der Waals surface area (Å²) >= 11 is 1.44. The van der Waals surface area contributed by atoms with Crippen LogP contribution in [0.1, 0.15) is 29.0 Å². The van der Waals surface area contributed by atoms with E-state index in [9.17, 15) is 4.79 Å². The van der Waals surface area contributed by atoms with Crippen molar-refractivity contribution in [1.29, 1.82) is 0 Å². The molecule has 0 aliphatic carbocycles. The molecule has 3 heterocycles. The van der Waals surface area contributed by atoms with Gasteiger partial charge in [0.1, 0.15) is 23.4 Å². The largest absolute Gasteiger partial charge is 0.334 e. The molecule has 0 aliphatic rings. The molecule has 28 heavy (non-hydrogen) atoms. The van der Waals surface area contributed by atoms with E-state index in [1.807, 2.05) is 44.4 Å². The Bertz CT molecular complexity index is 1080. The number of nitrogens with zero attached hydrogens (tertiary/aromatic N) is 7. The molecule has 1 atom stereocenters. The second kappa shape index (κ2) is 7.35. The fourth-order valence-electron chi connectivity index (χ4n) is 2.86. The molecule has 1 amide bonds. The first-order valence-corrected chi connectivity index (χ1v) is 9.57. The number of benzene rings is 1. The lowest BCUT2D eigenvalue weighted by molar-refractivity contribution is 0.0737. The predicted molar refractivity (Wildman–Crippen MR) is 106 cm³/mol. The van der Waals surface area contributed by atoms with E-state index in [1.165, 1.54) is 17.7 Å². The second-order valence-corrected chi connectivity index (χ2v) is 7.32. The highest BCUT2D eigenvalue weighted by Crippen LogP contribution is 2.26. The Labute approximate surface area is 166 Å². The average molecular weight is 393 g/mol. The summed E-state index contributed by atoms with van der Waals surface area (Å²) in [5.41, 5.74) is 3.30. The van der Waals surface area contributed by atoms with Crippen LogP contribution in [0.3, 0.4) is 0 Å².